The van der Waals surface area contributed by atoms with Crippen LogP contribution in [0.3, 0.4) is 0 Å². The molecular formula is C9H13N5O2S. The second kappa shape index (κ2) is 4.76. The van der Waals surface area contributed by atoms with Crippen LogP contribution in [-0.2, 0) is 0 Å². The largest absolute Gasteiger partial charge is 0.335 e. The normalized spacial score (nSPS) is 13.1. The SMILES string of the molecule is CSCCC(N)c1nc2[nH]c(=O)[nH]c(=O)c2[nH]1. The summed E-state index contributed by atoms with van der Waals surface area (Å²) in [5, 5.41) is 0. The van der Waals surface area contributed by atoms with Gasteiger partial charge in [0.15, 0.2) is 5.65 Å². The van der Waals surface area contributed by atoms with Crippen LogP contribution in [0.2, 0.25) is 0 Å². The van der Waals surface area contributed by atoms with E-state index < -0.39 is 11.2 Å². The molecule has 2 heterocycles. The predicted octanol–water partition coefficient (Wildman–Crippen LogP) is -0.308. The first-order valence-corrected chi connectivity index (χ1v) is 6.48. The summed E-state index contributed by atoms with van der Waals surface area (Å²) in [6.45, 7) is 0. The van der Waals surface area contributed by atoms with E-state index in [9.17, 15) is 9.59 Å². The molecule has 0 radical (unpaired) electrons. The van der Waals surface area contributed by atoms with E-state index in [4.69, 9.17) is 5.73 Å². The summed E-state index contributed by atoms with van der Waals surface area (Å²) < 4.78 is 0. The molecule has 5 N–H and O–H groups in total. The van der Waals surface area contributed by atoms with Gasteiger partial charge in [-0.3, -0.25) is 14.8 Å². The summed E-state index contributed by atoms with van der Waals surface area (Å²) in [4.78, 5) is 34.0. The van der Waals surface area contributed by atoms with E-state index in [1.165, 1.54) is 0 Å². The Labute approximate surface area is 100 Å². The van der Waals surface area contributed by atoms with E-state index >= 15 is 0 Å². The number of imidazole rings is 1. The molecule has 0 bridgehead atoms. The van der Waals surface area contributed by atoms with Crippen LogP contribution in [0.4, 0.5) is 0 Å². The molecule has 0 aromatic carbocycles. The first-order valence-electron chi connectivity index (χ1n) is 5.08. The maximum atomic E-state index is 11.5. The summed E-state index contributed by atoms with van der Waals surface area (Å²) in [6.07, 6.45) is 2.75. The molecule has 0 aliphatic carbocycles. The smallest absolute Gasteiger partial charge is 0.327 e. The number of fused-ring (bicyclic) bond motifs is 1. The zero-order valence-corrected chi connectivity index (χ0v) is 10.1. The molecule has 2 rings (SSSR count). The first-order chi connectivity index (χ1) is 8.11. The third-order valence-corrected chi connectivity index (χ3v) is 3.04. The third-order valence-electron chi connectivity index (χ3n) is 2.39. The van der Waals surface area contributed by atoms with Crippen molar-refractivity contribution < 1.29 is 0 Å². The van der Waals surface area contributed by atoms with E-state index in [1.54, 1.807) is 11.8 Å². The van der Waals surface area contributed by atoms with Gasteiger partial charge in [0.25, 0.3) is 5.56 Å². The summed E-state index contributed by atoms with van der Waals surface area (Å²) in [5.41, 5.74) is 5.36. The topological polar surface area (TPSA) is 120 Å². The van der Waals surface area contributed by atoms with Gasteiger partial charge in [-0.1, -0.05) is 0 Å². The quantitative estimate of drug-likeness (QED) is 0.597. The van der Waals surface area contributed by atoms with Gasteiger partial charge in [0.05, 0.1) is 6.04 Å². The lowest BCUT2D eigenvalue weighted by Crippen LogP contribution is -2.21. The van der Waals surface area contributed by atoms with Crippen LogP contribution >= 0.6 is 11.8 Å². The average molecular weight is 255 g/mol. The van der Waals surface area contributed by atoms with Crippen molar-refractivity contribution in [3.8, 4) is 0 Å². The molecule has 0 spiro atoms. The lowest BCUT2D eigenvalue weighted by Gasteiger charge is -2.05. The van der Waals surface area contributed by atoms with Gasteiger partial charge in [-0.25, -0.2) is 9.78 Å². The Bertz CT molecular complexity index is 628. The number of hydrogen-bond acceptors (Lipinski definition) is 5. The monoisotopic (exact) mass is 255 g/mol. The molecule has 7 nitrogen and oxygen atoms in total. The number of nitrogens with zero attached hydrogens (tertiary/aromatic N) is 1. The molecule has 0 fully saturated rings. The number of nitrogens with one attached hydrogen (secondary N) is 3. The van der Waals surface area contributed by atoms with Crippen LogP contribution in [0.1, 0.15) is 18.3 Å². The van der Waals surface area contributed by atoms with Gasteiger partial charge in [0.2, 0.25) is 0 Å². The molecule has 1 unspecified atom stereocenters. The second-order valence-electron chi connectivity index (χ2n) is 3.64. The van der Waals surface area contributed by atoms with Crippen LogP contribution in [-0.4, -0.2) is 31.9 Å². The van der Waals surface area contributed by atoms with Crippen molar-refractivity contribution in [1.29, 1.82) is 0 Å². The average Bonchev–Trinajstić information content (AvgIpc) is 2.69. The standard InChI is InChI=1S/C9H13N5O2S/c1-17-3-2-4(10)6-11-5-7(12-6)13-9(16)14-8(5)15/h4H,2-3,10H2,1H3,(H3,11,12,13,14,15,16). The van der Waals surface area contributed by atoms with Crippen molar-refractivity contribution in [2.24, 2.45) is 5.73 Å². The van der Waals surface area contributed by atoms with Gasteiger partial charge in [0, 0.05) is 0 Å². The zero-order valence-electron chi connectivity index (χ0n) is 9.24. The van der Waals surface area contributed by atoms with Gasteiger partial charge in [-0.15, -0.1) is 0 Å². The Hall–Kier alpha value is -1.54. The fourth-order valence-corrected chi connectivity index (χ4v) is 2.00. The van der Waals surface area contributed by atoms with Crippen molar-refractivity contribution >= 4 is 22.9 Å². The van der Waals surface area contributed by atoms with E-state index in [-0.39, 0.29) is 17.2 Å². The molecule has 2 aromatic heterocycles. The van der Waals surface area contributed by atoms with Crippen molar-refractivity contribution in [3.63, 3.8) is 0 Å². The summed E-state index contributed by atoms with van der Waals surface area (Å²) >= 11 is 1.69. The highest BCUT2D eigenvalue weighted by atomic mass is 32.2. The molecular weight excluding hydrogens is 242 g/mol. The number of H-pyrrole nitrogens is 3. The number of hydrogen-bond donors (Lipinski definition) is 4. The summed E-state index contributed by atoms with van der Waals surface area (Å²) in [7, 11) is 0. The molecule has 92 valence electrons. The van der Waals surface area contributed by atoms with E-state index in [2.05, 4.69) is 19.9 Å². The van der Waals surface area contributed by atoms with Crippen molar-refractivity contribution in [2.45, 2.75) is 12.5 Å². The summed E-state index contributed by atoms with van der Waals surface area (Å²) in [6, 6.07) is -0.266. The number of thioether (sulfide) groups is 1. The van der Waals surface area contributed by atoms with Gasteiger partial charge < -0.3 is 10.7 Å². The number of rotatable bonds is 4. The lowest BCUT2D eigenvalue weighted by molar-refractivity contribution is 0.666. The van der Waals surface area contributed by atoms with E-state index in [0.717, 1.165) is 12.2 Å². The fourth-order valence-electron chi connectivity index (χ4n) is 1.51. The molecule has 0 aliphatic rings. The minimum absolute atomic E-state index is 0.244. The van der Waals surface area contributed by atoms with Crippen molar-refractivity contribution in [3.05, 3.63) is 26.7 Å². The van der Waals surface area contributed by atoms with Gasteiger partial charge in [0.1, 0.15) is 11.3 Å². The Morgan fingerprint density at radius 3 is 2.82 bits per heavy atom. The fraction of sp³-hybridized carbons (Fsp3) is 0.444. The highest BCUT2D eigenvalue weighted by molar-refractivity contribution is 7.98. The Morgan fingerprint density at radius 1 is 1.35 bits per heavy atom. The van der Waals surface area contributed by atoms with Crippen LogP contribution in [0.5, 0.6) is 0 Å². The molecule has 8 heteroatoms. The first kappa shape index (κ1) is 11.9. The molecule has 0 saturated heterocycles. The highest BCUT2D eigenvalue weighted by Gasteiger charge is 2.13. The Morgan fingerprint density at radius 2 is 2.12 bits per heavy atom. The molecule has 17 heavy (non-hydrogen) atoms. The second-order valence-corrected chi connectivity index (χ2v) is 4.63. The molecule has 2 aromatic rings. The maximum absolute atomic E-state index is 11.5. The molecule has 1 atom stereocenters. The number of aromatic nitrogens is 4. The zero-order chi connectivity index (χ0) is 12.4. The number of aromatic amines is 3. The third kappa shape index (κ3) is 2.42. The Balaban J connectivity index is 2.41. The van der Waals surface area contributed by atoms with E-state index in [1.807, 2.05) is 6.26 Å². The molecule has 0 amide bonds. The minimum atomic E-state index is -0.571. The van der Waals surface area contributed by atoms with Crippen LogP contribution in [0, 0.1) is 0 Å². The maximum Gasteiger partial charge on any atom is 0.327 e. The van der Waals surface area contributed by atoms with Crippen LogP contribution in [0.15, 0.2) is 9.59 Å². The summed E-state index contributed by atoms with van der Waals surface area (Å²) in [5.74, 6) is 1.42. The van der Waals surface area contributed by atoms with Gasteiger partial charge in [-0.05, 0) is 18.4 Å². The van der Waals surface area contributed by atoms with Crippen molar-refractivity contribution in [2.75, 3.05) is 12.0 Å². The predicted molar refractivity (Wildman–Crippen MR) is 67.3 cm³/mol. The van der Waals surface area contributed by atoms with Crippen molar-refractivity contribution in [1.82, 2.24) is 19.9 Å². The molecule has 0 saturated carbocycles. The van der Waals surface area contributed by atoms with Gasteiger partial charge >= 0.3 is 5.69 Å². The van der Waals surface area contributed by atoms with Crippen LogP contribution in [0.25, 0.3) is 11.2 Å². The minimum Gasteiger partial charge on any atom is -0.335 e. The Kier molecular flexibility index (Phi) is 3.34. The van der Waals surface area contributed by atoms with Gasteiger partial charge in [-0.2, -0.15) is 11.8 Å². The molecule has 0 aliphatic heterocycles. The number of nitrogens with two attached hydrogens (primary N) is 1. The highest BCUT2D eigenvalue weighted by Crippen LogP contribution is 2.14. The van der Waals surface area contributed by atoms with Crippen LogP contribution < -0.4 is 17.0 Å². The van der Waals surface area contributed by atoms with E-state index in [0.29, 0.717) is 5.82 Å². The lowest BCUT2D eigenvalue weighted by atomic mass is 10.2.